The normalized spacial score (nSPS) is 28.3. The van der Waals surface area contributed by atoms with Crippen molar-refractivity contribution in [2.45, 2.75) is 24.7 Å². The fourth-order valence-corrected chi connectivity index (χ4v) is 2.64. The maximum atomic E-state index is 11.7. The minimum atomic E-state index is -0.659. The van der Waals surface area contributed by atoms with Crippen LogP contribution in [0.3, 0.4) is 0 Å². The molecule has 0 amide bonds. The van der Waals surface area contributed by atoms with Crippen LogP contribution in [-0.2, 0) is 26.2 Å². The molecule has 0 radical (unpaired) electrons. The Morgan fingerprint density at radius 1 is 1.20 bits per heavy atom. The van der Waals surface area contributed by atoms with E-state index in [9.17, 15) is 9.59 Å². The highest BCUT2D eigenvalue weighted by Crippen LogP contribution is 2.45. The van der Waals surface area contributed by atoms with Crippen LogP contribution in [-0.4, -0.2) is 11.9 Å². The SMILES string of the molecule is O=C1C[C@]2(CCc3ccccc32)C(=O)O1. The summed E-state index contributed by atoms with van der Waals surface area (Å²) in [7, 11) is 0. The summed E-state index contributed by atoms with van der Waals surface area (Å²) in [5.41, 5.74) is 1.50. The monoisotopic (exact) mass is 202 g/mol. The van der Waals surface area contributed by atoms with Gasteiger partial charge in [-0.1, -0.05) is 24.3 Å². The Bertz CT molecular complexity index is 464. The Kier molecular flexibility index (Phi) is 1.55. The molecule has 1 spiro atoms. The van der Waals surface area contributed by atoms with Crippen molar-refractivity contribution >= 4 is 11.9 Å². The number of rotatable bonds is 0. The van der Waals surface area contributed by atoms with E-state index in [1.807, 2.05) is 24.3 Å². The Labute approximate surface area is 87.0 Å². The number of ether oxygens (including phenoxy) is 1. The fourth-order valence-electron chi connectivity index (χ4n) is 2.64. The lowest BCUT2D eigenvalue weighted by Crippen LogP contribution is -2.28. The van der Waals surface area contributed by atoms with Gasteiger partial charge >= 0.3 is 11.9 Å². The van der Waals surface area contributed by atoms with Gasteiger partial charge < -0.3 is 4.74 Å². The molecule has 3 rings (SSSR count). The molecule has 2 aliphatic rings. The van der Waals surface area contributed by atoms with E-state index in [1.54, 1.807) is 0 Å². The van der Waals surface area contributed by atoms with Crippen LogP contribution >= 0.6 is 0 Å². The lowest BCUT2D eigenvalue weighted by Gasteiger charge is -2.17. The third kappa shape index (κ3) is 1.00. The average Bonchev–Trinajstić information content (AvgIpc) is 2.72. The molecule has 15 heavy (non-hydrogen) atoms. The maximum Gasteiger partial charge on any atom is 0.324 e. The molecule has 3 nitrogen and oxygen atoms in total. The molecule has 1 aliphatic heterocycles. The second-order valence-electron chi connectivity index (χ2n) is 4.18. The average molecular weight is 202 g/mol. The van der Waals surface area contributed by atoms with Gasteiger partial charge in [0.25, 0.3) is 0 Å². The largest absolute Gasteiger partial charge is 0.392 e. The summed E-state index contributed by atoms with van der Waals surface area (Å²) in [6, 6.07) is 7.81. The van der Waals surface area contributed by atoms with Crippen LogP contribution in [0.2, 0.25) is 0 Å². The van der Waals surface area contributed by atoms with Crippen LogP contribution < -0.4 is 0 Å². The van der Waals surface area contributed by atoms with Crippen molar-refractivity contribution in [3.63, 3.8) is 0 Å². The van der Waals surface area contributed by atoms with Crippen LogP contribution in [0.4, 0.5) is 0 Å². The van der Waals surface area contributed by atoms with E-state index in [0.717, 1.165) is 12.0 Å². The molecule has 0 unspecified atom stereocenters. The molecule has 0 bridgehead atoms. The van der Waals surface area contributed by atoms with Crippen LogP contribution in [0.25, 0.3) is 0 Å². The summed E-state index contributed by atoms with van der Waals surface area (Å²) in [5.74, 6) is -0.755. The van der Waals surface area contributed by atoms with Crippen molar-refractivity contribution < 1.29 is 14.3 Å². The fraction of sp³-hybridized carbons (Fsp3) is 0.333. The summed E-state index contributed by atoms with van der Waals surface area (Å²) in [5, 5.41) is 0. The molecule has 0 aromatic heterocycles. The highest BCUT2D eigenvalue weighted by Gasteiger charge is 2.53. The van der Waals surface area contributed by atoms with E-state index in [1.165, 1.54) is 5.56 Å². The van der Waals surface area contributed by atoms with Crippen LogP contribution in [0.5, 0.6) is 0 Å². The van der Waals surface area contributed by atoms with E-state index in [2.05, 4.69) is 4.74 Å². The van der Waals surface area contributed by atoms with E-state index >= 15 is 0 Å². The Hall–Kier alpha value is -1.64. The van der Waals surface area contributed by atoms with Gasteiger partial charge in [0, 0.05) is 0 Å². The predicted octanol–water partition coefficient (Wildman–Crippen LogP) is 1.34. The zero-order valence-corrected chi connectivity index (χ0v) is 8.16. The van der Waals surface area contributed by atoms with Gasteiger partial charge in [-0.05, 0) is 24.0 Å². The molecule has 1 atom stereocenters. The van der Waals surface area contributed by atoms with Gasteiger partial charge in [0.1, 0.15) is 5.41 Å². The first-order chi connectivity index (χ1) is 7.22. The molecular weight excluding hydrogens is 192 g/mol. The van der Waals surface area contributed by atoms with Gasteiger partial charge in [0.2, 0.25) is 0 Å². The van der Waals surface area contributed by atoms with Gasteiger partial charge in [-0.2, -0.15) is 0 Å². The van der Waals surface area contributed by atoms with E-state index in [4.69, 9.17) is 0 Å². The standard InChI is InChI=1S/C12H10O3/c13-10-7-12(11(14)15-10)6-5-8-3-1-2-4-9(8)12/h1-4H,5-7H2/t12-/m0/s1. The first-order valence-corrected chi connectivity index (χ1v) is 5.06. The summed E-state index contributed by atoms with van der Waals surface area (Å²) in [4.78, 5) is 22.9. The molecule has 1 heterocycles. The molecule has 0 saturated carbocycles. The molecule has 1 saturated heterocycles. The summed E-state index contributed by atoms with van der Waals surface area (Å²) < 4.78 is 4.68. The van der Waals surface area contributed by atoms with Gasteiger partial charge in [-0.3, -0.25) is 9.59 Å². The van der Waals surface area contributed by atoms with Crippen LogP contribution in [0.1, 0.15) is 24.0 Å². The summed E-state index contributed by atoms with van der Waals surface area (Å²) in [6.07, 6.45) is 1.78. The van der Waals surface area contributed by atoms with E-state index in [0.29, 0.717) is 6.42 Å². The minimum absolute atomic E-state index is 0.211. The van der Waals surface area contributed by atoms with E-state index < -0.39 is 11.4 Å². The lowest BCUT2D eigenvalue weighted by molar-refractivity contribution is -0.153. The van der Waals surface area contributed by atoms with Crippen molar-refractivity contribution in [2.75, 3.05) is 0 Å². The van der Waals surface area contributed by atoms with Crippen molar-refractivity contribution in [2.24, 2.45) is 0 Å². The molecule has 1 aromatic rings. The molecule has 3 heteroatoms. The third-order valence-corrected chi connectivity index (χ3v) is 3.40. The van der Waals surface area contributed by atoms with Gasteiger partial charge in [0.15, 0.2) is 0 Å². The van der Waals surface area contributed by atoms with Crippen molar-refractivity contribution in [1.29, 1.82) is 0 Å². The first kappa shape index (κ1) is 8.65. The molecule has 1 aromatic carbocycles. The third-order valence-electron chi connectivity index (χ3n) is 3.40. The van der Waals surface area contributed by atoms with Crippen molar-refractivity contribution in [3.05, 3.63) is 35.4 Å². The minimum Gasteiger partial charge on any atom is -0.392 e. The van der Waals surface area contributed by atoms with Gasteiger partial charge in [0.05, 0.1) is 6.42 Å². The highest BCUT2D eigenvalue weighted by molar-refractivity contribution is 6.02. The number of fused-ring (bicyclic) bond motifs is 2. The second kappa shape index (κ2) is 2.69. The summed E-state index contributed by atoms with van der Waals surface area (Å²) in [6.45, 7) is 0. The quantitative estimate of drug-likeness (QED) is 0.471. The maximum absolute atomic E-state index is 11.7. The number of hydrogen-bond donors (Lipinski definition) is 0. The molecule has 1 aliphatic carbocycles. The van der Waals surface area contributed by atoms with Gasteiger partial charge in [-0.15, -0.1) is 0 Å². The number of benzene rings is 1. The number of carbonyl (C=O) groups is 2. The summed E-state index contributed by atoms with van der Waals surface area (Å²) >= 11 is 0. The Morgan fingerprint density at radius 3 is 2.73 bits per heavy atom. The molecular formula is C12H10O3. The number of cyclic esters (lactones) is 2. The predicted molar refractivity (Wildman–Crippen MR) is 52.2 cm³/mol. The van der Waals surface area contributed by atoms with Crippen molar-refractivity contribution in [1.82, 2.24) is 0 Å². The smallest absolute Gasteiger partial charge is 0.324 e. The van der Waals surface area contributed by atoms with Gasteiger partial charge in [-0.25, -0.2) is 0 Å². The zero-order valence-electron chi connectivity index (χ0n) is 8.16. The number of aryl methyl sites for hydroxylation is 1. The van der Waals surface area contributed by atoms with Crippen molar-refractivity contribution in [3.8, 4) is 0 Å². The molecule has 0 N–H and O–H groups in total. The zero-order chi connectivity index (χ0) is 10.5. The highest BCUT2D eigenvalue weighted by atomic mass is 16.6. The number of esters is 2. The van der Waals surface area contributed by atoms with E-state index in [-0.39, 0.29) is 12.4 Å². The molecule has 1 fully saturated rings. The lowest BCUT2D eigenvalue weighted by atomic mass is 9.80. The topological polar surface area (TPSA) is 43.4 Å². The second-order valence-corrected chi connectivity index (χ2v) is 4.18. The first-order valence-electron chi connectivity index (χ1n) is 5.06. The Balaban J connectivity index is 2.17. The van der Waals surface area contributed by atoms with Crippen LogP contribution in [0, 0.1) is 0 Å². The molecule has 76 valence electrons. The number of hydrogen-bond acceptors (Lipinski definition) is 3. The Morgan fingerprint density at radius 2 is 2.00 bits per heavy atom. The number of carbonyl (C=O) groups excluding carboxylic acids is 2. The van der Waals surface area contributed by atoms with Crippen LogP contribution in [0.15, 0.2) is 24.3 Å².